The van der Waals surface area contributed by atoms with Crippen LogP contribution < -0.4 is 0 Å². The van der Waals surface area contributed by atoms with Crippen LogP contribution >= 0.6 is 0 Å². The lowest BCUT2D eigenvalue weighted by Gasteiger charge is -2.14. The van der Waals surface area contributed by atoms with Crippen LogP contribution in [0.3, 0.4) is 0 Å². The summed E-state index contributed by atoms with van der Waals surface area (Å²) in [5.74, 6) is 2.12. The van der Waals surface area contributed by atoms with Crippen molar-refractivity contribution in [2.24, 2.45) is 0 Å². The SMILES string of the molecule is O=C(c1ccccn1)N1CC[C@@H](c2nc(C3CCCC3)no2)C1. The monoisotopic (exact) mass is 312 g/mol. The van der Waals surface area contributed by atoms with E-state index in [-0.39, 0.29) is 11.8 Å². The number of rotatable bonds is 3. The summed E-state index contributed by atoms with van der Waals surface area (Å²) in [4.78, 5) is 23.0. The van der Waals surface area contributed by atoms with Crippen molar-refractivity contribution in [1.82, 2.24) is 20.0 Å². The molecule has 0 aromatic carbocycles. The van der Waals surface area contributed by atoms with Gasteiger partial charge in [-0.2, -0.15) is 4.98 Å². The molecule has 23 heavy (non-hydrogen) atoms. The van der Waals surface area contributed by atoms with Crippen molar-refractivity contribution in [3.63, 3.8) is 0 Å². The predicted molar refractivity (Wildman–Crippen MR) is 83.0 cm³/mol. The molecule has 4 rings (SSSR count). The first-order valence-electron chi connectivity index (χ1n) is 8.35. The van der Waals surface area contributed by atoms with E-state index in [0.29, 0.717) is 30.6 Å². The fourth-order valence-electron chi connectivity index (χ4n) is 3.56. The third kappa shape index (κ3) is 2.85. The van der Waals surface area contributed by atoms with Crippen LogP contribution in [0.1, 0.15) is 66.1 Å². The van der Waals surface area contributed by atoms with Crippen LogP contribution in [0.5, 0.6) is 0 Å². The quantitative estimate of drug-likeness (QED) is 0.871. The fraction of sp³-hybridized carbons (Fsp3) is 0.529. The summed E-state index contributed by atoms with van der Waals surface area (Å²) in [6.07, 6.45) is 7.34. The van der Waals surface area contributed by atoms with Gasteiger partial charge in [0.1, 0.15) is 5.69 Å². The van der Waals surface area contributed by atoms with Crippen molar-refractivity contribution >= 4 is 5.91 Å². The maximum absolute atomic E-state index is 12.4. The van der Waals surface area contributed by atoms with Gasteiger partial charge in [0.05, 0.1) is 5.92 Å². The summed E-state index contributed by atoms with van der Waals surface area (Å²) in [5, 5.41) is 4.17. The second-order valence-electron chi connectivity index (χ2n) is 6.42. The van der Waals surface area contributed by atoms with Gasteiger partial charge in [-0.05, 0) is 31.4 Å². The van der Waals surface area contributed by atoms with Gasteiger partial charge in [-0.1, -0.05) is 24.1 Å². The van der Waals surface area contributed by atoms with E-state index in [1.54, 1.807) is 12.3 Å². The molecule has 1 aliphatic carbocycles. The molecule has 120 valence electrons. The highest BCUT2D eigenvalue weighted by molar-refractivity contribution is 5.92. The molecule has 2 aliphatic rings. The molecule has 1 atom stereocenters. The number of nitrogens with zero attached hydrogens (tertiary/aromatic N) is 4. The van der Waals surface area contributed by atoms with E-state index < -0.39 is 0 Å². The Morgan fingerprint density at radius 2 is 2.04 bits per heavy atom. The lowest BCUT2D eigenvalue weighted by Crippen LogP contribution is -2.29. The molecule has 1 saturated carbocycles. The molecular formula is C17H20N4O2. The van der Waals surface area contributed by atoms with Gasteiger partial charge in [-0.3, -0.25) is 9.78 Å². The van der Waals surface area contributed by atoms with Crippen molar-refractivity contribution in [1.29, 1.82) is 0 Å². The summed E-state index contributed by atoms with van der Waals surface area (Å²) >= 11 is 0. The zero-order valence-electron chi connectivity index (χ0n) is 13.0. The largest absolute Gasteiger partial charge is 0.339 e. The van der Waals surface area contributed by atoms with E-state index >= 15 is 0 Å². The highest BCUT2D eigenvalue weighted by Gasteiger charge is 2.33. The second-order valence-corrected chi connectivity index (χ2v) is 6.42. The molecule has 2 aromatic rings. The number of amides is 1. The Labute approximate surface area is 134 Å². The Morgan fingerprint density at radius 1 is 1.17 bits per heavy atom. The zero-order chi connectivity index (χ0) is 15.6. The lowest BCUT2D eigenvalue weighted by molar-refractivity contribution is 0.0784. The Kier molecular flexibility index (Phi) is 3.81. The Balaban J connectivity index is 1.43. The number of hydrogen-bond donors (Lipinski definition) is 0. The molecule has 0 radical (unpaired) electrons. The maximum atomic E-state index is 12.4. The number of pyridine rings is 1. The minimum Gasteiger partial charge on any atom is -0.339 e. The van der Waals surface area contributed by atoms with Crippen molar-refractivity contribution < 1.29 is 9.32 Å². The number of likely N-dealkylation sites (tertiary alicyclic amines) is 1. The standard InChI is InChI=1S/C17H20N4O2/c22-17(14-7-3-4-9-18-14)21-10-8-13(11-21)16-19-15(20-23-16)12-5-1-2-6-12/h3-4,7,9,12-13H,1-2,5-6,8,10-11H2/t13-/m1/s1. The van der Waals surface area contributed by atoms with Crippen molar-refractivity contribution in [2.45, 2.75) is 43.9 Å². The number of aromatic nitrogens is 3. The minimum atomic E-state index is -0.0244. The normalized spacial score (nSPS) is 21.9. The topological polar surface area (TPSA) is 72.1 Å². The third-order valence-corrected chi connectivity index (χ3v) is 4.89. The summed E-state index contributed by atoms with van der Waals surface area (Å²) in [6.45, 7) is 1.34. The minimum absolute atomic E-state index is 0.0244. The summed E-state index contributed by atoms with van der Waals surface area (Å²) in [5.41, 5.74) is 0.491. The van der Waals surface area contributed by atoms with Crippen LogP contribution in [-0.4, -0.2) is 39.0 Å². The van der Waals surface area contributed by atoms with Gasteiger partial charge < -0.3 is 9.42 Å². The number of carbonyl (C=O) groups is 1. The van der Waals surface area contributed by atoms with E-state index in [2.05, 4.69) is 15.1 Å². The summed E-state index contributed by atoms with van der Waals surface area (Å²) < 4.78 is 5.48. The average molecular weight is 312 g/mol. The van der Waals surface area contributed by atoms with Gasteiger partial charge in [-0.15, -0.1) is 0 Å². The van der Waals surface area contributed by atoms with Crippen molar-refractivity contribution in [2.75, 3.05) is 13.1 Å². The summed E-state index contributed by atoms with van der Waals surface area (Å²) in [6, 6.07) is 5.40. The van der Waals surface area contributed by atoms with E-state index in [1.807, 2.05) is 17.0 Å². The van der Waals surface area contributed by atoms with E-state index in [0.717, 1.165) is 25.1 Å². The fourth-order valence-corrected chi connectivity index (χ4v) is 3.56. The zero-order valence-corrected chi connectivity index (χ0v) is 13.0. The van der Waals surface area contributed by atoms with E-state index in [4.69, 9.17) is 4.52 Å². The average Bonchev–Trinajstić information content (AvgIpc) is 3.34. The van der Waals surface area contributed by atoms with Crippen LogP contribution in [0.4, 0.5) is 0 Å². The molecule has 3 heterocycles. The Hall–Kier alpha value is -2.24. The second kappa shape index (κ2) is 6.10. The first-order valence-corrected chi connectivity index (χ1v) is 8.35. The Morgan fingerprint density at radius 3 is 2.83 bits per heavy atom. The molecule has 1 aliphatic heterocycles. The molecule has 0 spiro atoms. The smallest absolute Gasteiger partial charge is 0.272 e. The molecular weight excluding hydrogens is 292 g/mol. The van der Waals surface area contributed by atoms with Crippen LogP contribution in [0.2, 0.25) is 0 Å². The molecule has 0 unspecified atom stereocenters. The van der Waals surface area contributed by atoms with Gasteiger partial charge in [0.25, 0.3) is 5.91 Å². The number of hydrogen-bond acceptors (Lipinski definition) is 5. The Bertz CT molecular complexity index is 679. The van der Waals surface area contributed by atoms with Gasteiger partial charge >= 0.3 is 0 Å². The highest BCUT2D eigenvalue weighted by atomic mass is 16.5. The van der Waals surface area contributed by atoms with Gasteiger partial charge in [0, 0.05) is 25.2 Å². The molecule has 6 heteroatoms. The number of carbonyl (C=O) groups excluding carboxylic acids is 1. The molecule has 2 aromatic heterocycles. The van der Waals surface area contributed by atoms with E-state index in [1.165, 1.54) is 12.8 Å². The predicted octanol–water partition coefficient (Wildman–Crippen LogP) is 2.75. The molecule has 0 bridgehead atoms. The molecule has 0 N–H and O–H groups in total. The molecule has 1 saturated heterocycles. The van der Waals surface area contributed by atoms with Crippen LogP contribution in [-0.2, 0) is 0 Å². The van der Waals surface area contributed by atoms with E-state index in [9.17, 15) is 4.79 Å². The molecule has 2 fully saturated rings. The first-order chi connectivity index (χ1) is 11.3. The van der Waals surface area contributed by atoms with Crippen LogP contribution in [0.25, 0.3) is 0 Å². The highest BCUT2D eigenvalue weighted by Crippen LogP contribution is 2.34. The van der Waals surface area contributed by atoms with Crippen LogP contribution in [0.15, 0.2) is 28.9 Å². The van der Waals surface area contributed by atoms with Gasteiger partial charge in [0.2, 0.25) is 5.89 Å². The molecule has 1 amide bonds. The lowest BCUT2D eigenvalue weighted by atomic mass is 10.1. The van der Waals surface area contributed by atoms with Crippen molar-refractivity contribution in [3.05, 3.63) is 41.8 Å². The molecule has 6 nitrogen and oxygen atoms in total. The first kappa shape index (κ1) is 14.4. The van der Waals surface area contributed by atoms with Crippen LogP contribution in [0, 0.1) is 0 Å². The maximum Gasteiger partial charge on any atom is 0.272 e. The third-order valence-electron chi connectivity index (χ3n) is 4.89. The van der Waals surface area contributed by atoms with Gasteiger partial charge in [-0.25, -0.2) is 0 Å². The summed E-state index contributed by atoms with van der Waals surface area (Å²) in [7, 11) is 0. The van der Waals surface area contributed by atoms with Gasteiger partial charge in [0.15, 0.2) is 5.82 Å². The van der Waals surface area contributed by atoms with Crippen molar-refractivity contribution in [3.8, 4) is 0 Å².